The van der Waals surface area contributed by atoms with Crippen LogP contribution in [0, 0.1) is 0 Å². The number of hydrogen-bond donors (Lipinski definition) is 6. The fourth-order valence-corrected chi connectivity index (χ4v) is 1.27. The maximum Gasteiger partial charge on any atom is 0.335 e. The van der Waals surface area contributed by atoms with Crippen LogP contribution in [0.2, 0.25) is 0 Å². The number of aromatic carboxylic acids is 2. The third kappa shape index (κ3) is 14.9. The Bertz CT molecular complexity index is 411. The Labute approximate surface area is 140 Å². The first-order valence-corrected chi connectivity index (χ1v) is 7.44. The summed E-state index contributed by atoms with van der Waals surface area (Å²) in [5, 5.41) is 49.4. The number of carboxylic acids is 2. The van der Waals surface area contributed by atoms with Crippen LogP contribution in [-0.4, -0.2) is 55.2 Å². The highest BCUT2D eigenvalue weighted by Gasteiger charge is 2.04. The van der Waals surface area contributed by atoms with Crippen LogP contribution in [0.4, 0.5) is 0 Å². The number of rotatable bonds is 6. The van der Waals surface area contributed by atoms with Crippen molar-refractivity contribution < 1.29 is 40.2 Å². The van der Waals surface area contributed by atoms with Gasteiger partial charge in [0.05, 0.1) is 11.1 Å². The Morgan fingerprint density at radius 1 is 0.750 bits per heavy atom. The standard InChI is InChI=1S/C8H6O4.2C4H10O2/c9-7(10)5-1-2-6(4-3-5)8(11)12;2*1-2-3-4(5)6/h1-4H,(H,9,10)(H,11,12);2*4-6H,2-3H2,1H3. The van der Waals surface area contributed by atoms with Gasteiger partial charge in [-0.25, -0.2) is 9.59 Å². The molecule has 0 bridgehead atoms. The number of aliphatic hydroxyl groups is 4. The van der Waals surface area contributed by atoms with Gasteiger partial charge in [-0.15, -0.1) is 0 Å². The maximum absolute atomic E-state index is 10.3. The highest BCUT2D eigenvalue weighted by molar-refractivity contribution is 5.91. The van der Waals surface area contributed by atoms with Gasteiger partial charge >= 0.3 is 11.9 Å². The number of benzene rings is 1. The van der Waals surface area contributed by atoms with E-state index in [0.29, 0.717) is 12.8 Å². The van der Waals surface area contributed by atoms with Crippen LogP contribution < -0.4 is 0 Å². The van der Waals surface area contributed by atoms with E-state index in [1.54, 1.807) is 0 Å². The van der Waals surface area contributed by atoms with Crippen molar-refractivity contribution in [3.05, 3.63) is 35.4 Å². The SMILES string of the molecule is CCCC(O)O.CCCC(O)O.O=C(O)c1ccc(C(=O)O)cc1. The Morgan fingerprint density at radius 3 is 1.08 bits per heavy atom. The fourth-order valence-electron chi connectivity index (χ4n) is 1.27. The molecule has 138 valence electrons. The molecule has 0 fully saturated rings. The van der Waals surface area contributed by atoms with Gasteiger partial charge in [0, 0.05) is 0 Å². The van der Waals surface area contributed by atoms with E-state index < -0.39 is 24.5 Å². The van der Waals surface area contributed by atoms with E-state index >= 15 is 0 Å². The van der Waals surface area contributed by atoms with E-state index in [9.17, 15) is 9.59 Å². The van der Waals surface area contributed by atoms with Gasteiger partial charge in [0.1, 0.15) is 0 Å². The van der Waals surface area contributed by atoms with E-state index in [1.807, 2.05) is 13.8 Å². The molecule has 8 heteroatoms. The predicted molar refractivity (Wildman–Crippen MR) is 86.6 cm³/mol. The molecule has 1 rings (SSSR count). The van der Waals surface area contributed by atoms with Crippen molar-refractivity contribution in [2.45, 2.75) is 52.1 Å². The number of carbonyl (C=O) groups is 2. The average Bonchev–Trinajstić information content (AvgIpc) is 2.48. The lowest BCUT2D eigenvalue weighted by molar-refractivity contribution is -0.0460. The minimum Gasteiger partial charge on any atom is -0.478 e. The average molecular weight is 346 g/mol. The second-order valence-electron chi connectivity index (χ2n) is 4.73. The summed E-state index contributed by atoms with van der Waals surface area (Å²) in [5.74, 6) is -2.13. The zero-order chi connectivity index (χ0) is 19.1. The minimum atomic E-state index is -1.10. The lowest BCUT2D eigenvalue weighted by Gasteiger charge is -1.94. The Balaban J connectivity index is 0. The van der Waals surface area contributed by atoms with E-state index in [-0.39, 0.29) is 11.1 Å². The van der Waals surface area contributed by atoms with Crippen LogP contribution in [0.1, 0.15) is 60.2 Å². The first-order valence-electron chi connectivity index (χ1n) is 7.44. The number of hydrogen-bond acceptors (Lipinski definition) is 6. The largest absolute Gasteiger partial charge is 0.478 e. The van der Waals surface area contributed by atoms with E-state index in [1.165, 1.54) is 24.3 Å². The molecule has 1 aromatic carbocycles. The van der Waals surface area contributed by atoms with Crippen LogP contribution >= 0.6 is 0 Å². The zero-order valence-corrected chi connectivity index (χ0v) is 13.8. The summed E-state index contributed by atoms with van der Waals surface area (Å²) in [6.45, 7) is 3.80. The Morgan fingerprint density at radius 2 is 1.00 bits per heavy atom. The van der Waals surface area contributed by atoms with Crippen molar-refractivity contribution in [3.63, 3.8) is 0 Å². The quantitative estimate of drug-likeness (QED) is 0.421. The summed E-state index contributed by atoms with van der Waals surface area (Å²) >= 11 is 0. The second kappa shape index (κ2) is 14.6. The number of aliphatic hydroxyl groups excluding tert-OH is 2. The first-order chi connectivity index (χ1) is 11.1. The molecule has 0 heterocycles. The molecule has 6 N–H and O–H groups in total. The van der Waals surface area contributed by atoms with Gasteiger partial charge in [0.25, 0.3) is 0 Å². The second-order valence-corrected chi connectivity index (χ2v) is 4.73. The monoisotopic (exact) mass is 346 g/mol. The van der Waals surface area contributed by atoms with Gasteiger partial charge in [-0.05, 0) is 37.1 Å². The van der Waals surface area contributed by atoms with E-state index in [0.717, 1.165) is 12.8 Å². The smallest absolute Gasteiger partial charge is 0.335 e. The van der Waals surface area contributed by atoms with Crippen molar-refractivity contribution in [2.24, 2.45) is 0 Å². The zero-order valence-electron chi connectivity index (χ0n) is 13.8. The molecule has 0 saturated carbocycles. The Kier molecular flexibility index (Phi) is 14.7. The molecule has 0 aliphatic rings. The van der Waals surface area contributed by atoms with Crippen LogP contribution in [0.3, 0.4) is 0 Å². The van der Waals surface area contributed by atoms with Crippen molar-refractivity contribution in [1.29, 1.82) is 0 Å². The summed E-state index contributed by atoms with van der Waals surface area (Å²) < 4.78 is 0. The van der Waals surface area contributed by atoms with Gasteiger partial charge in [-0.2, -0.15) is 0 Å². The topological polar surface area (TPSA) is 156 Å². The molecule has 8 nitrogen and oxygen atoms in total. The summed E-state index contributed by atoms with van der Waals surface area (Å²) in [5.41, 5.74) is 0.167. The minimum absolute atomic E-state index is 0.0833. The first kappa shape index (κ1) is 24.3. The molecular weight excluding hydrogens is 320 g/mol. The molecule has 1 aromatic rings. The lowest BCUT2D eigenvalue weighted by Crippen LogP contribution is -2.01. The van der Waals surface area contributed by atoms with Gasteiger partial charge in [-0.3, -0.25) is 0 Å². The summed E-state index contributed by atoms with van der Waals surface area (Å²) in [4.78, 5) is 20.7. The molecule has 24 heavy (non-hydrogen) atoms. The van der Waals surface area contributed by atoms with Gasteiger partial charge < -0.3 is 30.6 Å². The molecule has 0 saturated heterocycles. The molecule has 0 unspecified atom stereocenters. The van der Waals surface area contributed by atoms with Crippen molar-refractivity contribution >= 4 is 11.9 Å². The van der Waals surface area contributed by atoms with Crippen molar-refractivity contribution in [3.8, 4) is 0 Å². The molecule has 0 aromatic heterocycles. The highest BCUT2D eigenvalue weighted by atomic mass is 16.5. The molecule has 0 aliphatic heterocycles. The Hall–Kier alpha value is -2.00. The normalized spacial score (nSPS) is 9.67. The van der Waals surface area contributed by atoms with Gasteiger partial charge in [-0.1, -0.05) is 26.7 Å². The third-order valence-electron chi connectivity index (χ3n) is 2.47. The summed E-state index contributed by atoms with van der Waals surface area (Å²) in [6.07, 6.45) is 0.431. The molecule has 0 atom stereocenters. The van der Waals surface area contributed by atoms with Crippen LogP contribution in [0.5, 0.6) is 0 Å². The molecule has 0 aliphatic carbocycles. The summed E-state index contributed by atoms with van der Waals surface area (Å²) in [6, 6.07) is 5.02. The molecule has 0 amide bonds. The lowest BCUT2D eigenvalue weighted by atomic mass is 10.1. The van der Waals surface area contributed by atoms with Crippen molar-refractivity contribution in [2.75, 3.05) is 0 Å². The van der Waals surface area contributed by atoms with Gasteiger partial charge in [0.15, 0.2) is 12.6 Å². The molecule has 0 radical (unpaired) electrons. The fraction of sp³-hybridized carbons (Fsp3) is 0.500. The molecule has 0 spiro atoms. The van der Waals surface area contributed by atoms with Crippen LogP contribution in [-0.2, 0) is 0 Å². The summed E-state index contributed by atoms with van der Waals surface area (Å²) in [7, 11) is 0. The highest BCUT2D eigenvalue weighted by Crippen LogP contribution is 2.03. The number of carboxylic acid groups (broad SMARTS) is 2. The maximum atomic E-state index is 10.3. The molecular formula is C16H26O8. The van der Waals surface area contributed by atoms with E-state index in [4.69, 9.17) is 30.6 Å². The van der Waals surface area contributed by atoms with Crippen LogP contribution in [0.15, 0.2) is 24.3 Å². The predicted octanol–water partition coefficient (Wildman–Crippen LogP) is 1.28. The van der Waals surface area contributed by atoms with Crippen LogP contribution in [0.25, 0.3) is 0 Å². The van der Waals surface area contributed by atoms with E-state index in [2.05, 4.69) is 0 Å². The van der Waals surface area contributed by atoms with Gasteiger partial charge in [0.2, 0.25) is 0 Å². The van der Waals surface area contributed by atoms with Crippen molar-refractivity contribution in [1.82, 2.24) is 0 Å². The third-order valence-corrected chi connectivity index (χ3v) is 2.47.